The van der Waals surface area contributed by atoms with Crippen LogP contribution in [0, 0.1) is 0 Å². The molecule has 5 nitrogen and oxygen atoms in total. The van der Waals surface area contributed by atoms with Crippen LogP contribution in [-0.4, -0.2) is 15.5 Å². The molecule has 1 aliphatic rings. The minimum atomic E-state index is -0.244. The normalized spacial score (nSPS) is 16.0. The Morgan fingerprint density at radius 3 is 2.50 bits per heavy atom. The second-order valence-corrected chi connectivity index (χ2v) is 6.29. The number of rotatable bonds is 2. The Bertz CT molecular complexity index is 1110. The Hall–Kier alpha value is -3.60. The lowest BCUT2D eigenvalue weighted by molar-refractivity contribution is 0.0935. The highest BCUT2D eigenvalue weighted by atomic mass is 16.2. The van der Waals surface area contributed by atoms with Gasteiger partial charge in [0.25, 0.3) is 5.91 Å². The molecule has 4 aromatic rings. The van der Waals surface area contributed by atoms with Gasteiger partial charge in [-0.15, -0.1) is 0 Å². The average molecular weight is 340 g/mol. The number of hydrogen-bond acceptors (Lipinski definition) is 3. The van der Waals surface area contributed by atoms with E-state index in [1.807, 2.05) is 73.1 Å². The van der Waals surface area contributed by atoms with E-state index in [9.17, 15) is 4.79 Å². The van der Waals surface area contributed by atoms with Crippen LogP contribution >= 0.6 is 0 Å². The third-order valence-corrected chi connectivity index (χ3v) is 4.71. The lowest BCUT2D eigenvalue weighted by atomic mass is 10.1. The number of hydrogen-bond donors (Lipinski definition) is 2. The maximum Gasteiger partial charge on any atom is 0.255 e. The van der Waals surface area contributed by atoms with E-state index in [1.54, 1.807) is 0 Å². The molecule has 2 N–H and O–H groups in total. The quantitative estimate of drug-likeness (QED) is 0.582. The van der Waals surface area contributed by atoms with Gasteiger partial charge >= 0.3 is 0 Å². The van der Waals surface area contributed by atoms with Crippen LogP contribution in [0.3, 0.4) is 0 Å². The van der Waals surface area contributed by atoms with Gasteiger partial charge in [-0.25, -0.2) is 4.98 Å². The summed E-state index contributed by atoms with van der Waals surface area (Å²) in [6.07, 6.45) is 1.59. The van der Waals surface area contributed by atoms with E-state index in [-0.39, 0.29) is 12.1 Å². The van der Waals surface area contributed by atoms with E-state index in [2.05, 4.69) is 26.3 Å². The first-order valence-electron chi connectivity index (χ1n) is 8.48. The van der Waals surface area contributed by atoms with E-state index in [0.29, 0.717) is 5.56 Å². The Labute approximate surface area is 150 Å². The van der Waals surface area contributed by atoms with Crippen LogP contribution in [0.25, 0.3) is 16.7 Å². The number of fused-ring (bicyclic) bond motifs is 2. The van der Waals surface area contributed by atoms with Crippen molar-refractivity contribution in [1.82, 2.24) is 14.9 Å². The van der Waals surface area contributed by atoms with Crippen LogP contribution in [0.15, 0.2) is 79.1 Å². The van der Waals surface area contributed by atoms with E-state index in [0.717, 1.165) is 28.0 Å². The number of anilines is 1. The van der Waals surface area contributed by atoms with Gasteiger partial charge in [0, 0.05) is 11.4 Å². The molecule has 1 aliphatic heterocycles. The first kappa shape index (κ1) is 14.7. The van der Waals surface area contributed by atoms with E-state index < -0.39 is 0 Å². The topological polar surface area (TPSA) is 59.0 Å². The molecule has 0 unspecified atom stereocenters. The van der Waals surface area contributed by atoms with Crippen LogP contribution in [0.4, 0.5) is 5.69 Å². The van der Waals surface area contributed by atoms with Crippen LogP contribution in [-0.2, 0) is 0 Å². The molecule has 5 rings (SSSR count). The summed E-state index contributed by atoms with van der Waals surface area (Å²) in [5.41, 5.74) is 5.59. The van der Waals surface area contributed by atoms with Crippen molar-refractivity contribution >= 4 is 22.6 Å². The van der Waals surface area contributed by atoms with Crippen LogP contribution < -0.4 is 10.6 Å². The predicted molar refractivity (Wildman–Crippen MR) is 101 cm³/mol. The molecule has 3 aromatic carbocycles. The second-order valence-electron chi connectivity index (χ2n) is 6.29. The number of nitrogens with zero attached hydrogens (tertiary/aromatic N) is 2. The van der Waals surface area contributed by atoms with Gasteiger partial charge in [0.05, 0.1) is 16.6 Å². The van der Waals surface area contributed by atoms with Gasteiger partial charge in [-0.1, -0.05) is 36.4 Å². The summed E-state index contributed by atoms with van der Waals surface area (Å²) in [4.78, 5) is 16.7. The number of aromatic nitrogens is 2. The molecule has 0 radical (unpaired) electrons. The Morgan fingerprint density at radius 1 is 0.846 bits per heavy atom. The van der Waals surface area contributed by atoms with Crippen molar-refractivity contribution in [3.05, 3.63) is 90.3 Å². The second kappa shape index (κ2) is 5.74. The highest BCUT2D eigenvalue weighted by molar-refractivity contribution is 6.01. The molecule has 0 saturated carbocycles. The van der Waals surface area contributed by atoms with Gasteiger partial charge in [0.2, 0.25) is 0 Å². The summed E-state index contributed by atoms with van der Waals surface area (Å²) < 4.78 is 2.06. The van der Waals surface area contributed by atoms with Gasteiger partial charge in [-0.05, 0) is 42.0 Å². The van der Waals surface area contributed by atoms with Crippen molar-refractivity contribution in [3.8, 4) is 5.69 Å². The lowest BCUT2D eigenvalue weighted by Gasteiger charge is -2.28. The van der Waals surface area contributed by atoms with Crippen LogP contribution in [0.5, 0.6) is 0 Å². The zero-order chi connectivity index (χ0) is 17.5. The number of para-hydroxylation sites is 3. The van der Waals surface area contributed by atoms with Crippen molar-refractivity contribution in [1.29, 1.82) is 0 Å². The minimum absolute atomic E-state index is 0.0611. The summed E-state index contributed by atoms with van der Waals surface area (Å²) >= 11 is 0. The largest absolute Gasteiger partial charge is 0.361 e. The molecule has 2 heterocycles. The summed E-state index contributed by atoms with van der Waals surface area (Å²) in [7, 11) is 0. The molecule has 0 fully saturated rings. The van der Waals surface area contributed by atoms with Gasteiger partial charge in [-0.3, -0.25) is 9.36 Å². The van der Waals surface area contributed by atoms with Crippen LogP contribution in [0.2, 0.25) is 0 Å². The molecule has 26 heavy (non-hydrogen) atoms. The number of carbonyl (C=O) groups excluding carboxylic acids is 1. The number of nitrogens with one attached hydrogen (secondary N) is 2. The highest BCUT2D eigenvalue weighted by Crippen LogP contribution is 2.27. The third-order valence-electron chi connectivity index (χ3n) is 4.71. The number of benzene rings is 3. The summed E-state index contributed by atoms with van der Waals surface area (Å²) in [5.74, 6) is -0.0611. The summed E-state index contributed by atoms with van der Waals surface area (Å²) in [5, 5.41) is 6.38. The fourth-order valence-electron chi connectivity index (χ4n) is 3.37. The standard InChI is InChI=1S/C21H16N4O/c26-21-16-5-1-2-6-17(16)23-20(24-21)14-9-11-15(12-10-14)25-13-22-18-7-3-4-8-19(18)25/h1-13,20,23H,(H,24,26)/t20-/m0/s1. The van der Waals surface area contributed by atoms with Gasteiger partial charge in [-0.2, -0.15) is 0 Å². The zero-order valence-corrected chi connectivity index (χ0v) is 13.9. The summed E-state index contributed by atoms with van der Waals surface area (Å²) in [6.45, 7) is 0. The number of imidazole rings is 1. The fourth-order valence-corrected chi connectivity index (χ4v) is 3.37. The molecular formula is C21H16N4O. The average Bonchev–Trinajstić information content (AvgIpc) is 3.12. The fraction of sp³-hybridized carbons (Fsp3) is 0.0476. The molecule has 0 bridgehead atoms. The number of amides is 1. The predicted octanol–water partition coefficient (Wildman–Crippen LogP) is 3.88. The van der Waals surface area contributed by atoms with Crippen molar-refractivity contribution in [2.24, 2.45) is 0 Å². The first-order chi connectivity index (χ1) is 12.8. The smallest absolute Gasteiger partial charge is 0.255 e. The molecule has 1 amide bonds. The maximum absolute atomic E-state index is 12.3. The van der Waals surface area contributed by atoms with Crippen molar-refractivity contribution in [2.45, 2.75) is 6.17 Å². The monoisotopic (exact) mass is 340 g/mol. The van der Waals surface area contributed by atoms with Gasteiger partial charge in [0.15, 0.2) is 0 Å². The first-order valence-corrected chi connectivity index (χ1v) is 8.48. The molecule has 0 spiro atoms. The third kappa shape index (κ3) is 2.33. The van der Waals surface area contributed by atoms with Crippen molar-refractivity contribution < 1.29 is 4.79 Å². The number of carbonyl (C=O) groups is 1. The zero-order valence-electron chi connectivity index (χ0n) is 13.9. The minimum Gasteiger partial charge on any atom is -0.361 e. The molecule has 5 heteroatoms. The van der Waals surface area contributed by atoms with E-state index in [4.69, 9.17) is 0 Å². The van der Waals surface area contributed by atoms with E-state index >= 15 is 0 Å². The Balaban J connectivity index is 1.47. The van der Waals surface area contributed by atoms with Crippen LogP contribution in [0.1, 0.15) is 22.1 Å². The highest BCUT2D eigenvalue weighted by Gasteiger charge is 2.23. The van der Waals surface area contributed by atoms with E-state index in [1.165, 1.54) is 0 Å². The Morgan fingerprint density at radius 2 is 1.62 bits per heavy atom. The lowest BCUT2D eigenvalue weighted by Crippen LogP contribution is -2.38. The van der Waals surface area contributed by atoms with Gasteiger partial charge < -0.3 is 10.6 Å². The summed E-state index contributed by atoms with van der Waals surface area (Å²) in [6, 6.07) is 23.7. The molecule has 0 aliphatic carbocycles. The maximum atomic E-state index is 12.3. The molecule has 1 aromatic heterocycles. The molecular weight excluding hydrogens is 324 g/mol. The van der Waals surface area contributed by atoms with Gasteiger partial charge in [0.1, 0.15) is 12.5 Å². The SMILES string of the molecule is O=C1N[C@@H](c2ccc(-n3cnc4ccccc43)cc2)Nc2ccccc21. The molecule has 1 atom stereocenters. The van der Waals surface area contributed by atoms with Crippen molar-refractivity contribution in [3.63, 3.8) is 0 Å². The molecule has 126 valence electrons. The molecule has 0 saturated heterocycles. The Kier molecular flexibility index (Phi) is 3.25. The van der Waals surface area contributed by atoms with Crippen molar-refractivity contribution in [2.75, 3.05) is 5.32 Å².